The average molecular weight is 352 g/mol. The predicted octanol–water partition coefficient (Wildman–Crippen LogP) is 2.93. The van der Waals surface area contributed by atoms with E-state index in [1.54, 1.807) is 23.0 Å². The third-order valence-corrected chi connectivity index (χ3v) is 4.15. The van der Waals surface area contributed by atoms with E-state index >= 15 is 0 Å². The number of aromatic nitrogens is 2. The normalized spacial score (nSPS) is 12.2. The number of benzene rings is 2. The van der Waals surface area contributed by atoms with Gasteiger partial charge < -0.3 is 5.32 Å². The molecule has 134 valence electrons. The first kappa shape index (κ1) is 17.8. The summed E-state index contributed by atoms with van der Waals surface area (Å²) in [5.74, 6) is -0.461. The van der Waals surface area contributed by atoms with Crippen molar-refractivity contribution in [2.75, 3.05) is 14.1 Å². The Kier molecular flexibility index (Phi) is 5.43. The second-order valence-electron chi connectivity index (χ2n) is 6.21. The van der Waals surface area contributed by atoms with Crippen LogP contribution < -0.4 is 5.32 Å². The second-order valence-corrected chi connectivity index (χ2v) is 6.21. The lowest BCUT2D eigenvalue weighted by Gasteiger charge is -2.24. The fourth-order valence-corrected chi connectivity index (χ4v) is 2.90. The third-order valence-electron chi connectivity index (χ3n) is 4.15. The fourth-order valence-electron chi connectivity index (χ4n) is 2.90. The van der Waals surface area contributed by atoms with Crippen LogP contribution in [0.4, 0.5) is 4.39 Å². The Morgan fingerprint density at radius 1 is 1.15 bits per heavy atom. The van der Waals surface area contributed by atoms with Gasteiger partial charge in [-0.3, -0.25) is 9.69 Å². The molecule has 1 N–H and O–H groups in total. The Balaban J connectivity index is 1.76. The number of para-hydroxylation sites is 1. The molecule has 1 aromatic heterocycles. The van der Waals surface area contributed by atoms with E-state index in [2.05, 4.69) is 10.4 Å². The van der Waals surface area contributed by atoms with E-state index in [9.17, 15) is 9.18 Å². The van der Waals surface area contributed by atoms with Gasteiger partial charge in [-0.15, -0.1) is 0 Å². The maximum absolute atomic E-state index is 13.2. The Morgan fingerprint density at radius 3 is 2.54 bits per heavy atom. The number of halogens is 1. The summed E-state index contributed by atoms with van der Waals surface area (Å²) in [4.78, 5) is 14.6. The van der Waals surface area contributed by atoms with E-state index in [4.69, 9.17) is 0 Å². The van der Waals surface area contributed by atoms with Gasteiger partial charge in [0.2, 0.25) is 5.91 Å². The Labute approximate surface area is 152 Å². The molecule has 0 unspecified atom stereocenters. The molecule has 0 aliphatic heterocycles. The minimum Gasteiger partial charge on any atom is -0.350 e. The number of amides is 1. The summed E-state index contributed by atoms with van der Waals surface area (Å²) >= 11 is 0. The van der Waals surface area contributed by atoms with Crippen LogP contribution in [-0.4, -0.2) is 34.7 Å². The summed E-state index contributed by atoms with van der Waals surface area (Å²) < 4.78 is 14.9. The molecule has 0 spiro atoms. The smallest absolute Gasteiger partial charge is 0.242 e. The molecule has 0 radical (unpaired) electrons. The van der Waals surface area contributed by atoms with Crippen LogP contribution in [0.3, 0.4) is 0 Å². The predicted molar refractivity (Wildman–Crippen MR) is 98.2 cm³/mol. The molecule has 0 saturated heterocycles. The molecule has 5 nitrogen and oxygen atoms in total. The first-order valence-corrected chi connectivity index (χ1v) is 8.34. The lowest BCUT2D eigenvalue weighted by atomic mass is 10.0. The van der Waals surface area contributed by atoms with E-state index in [1.165, 1.54) is 12.1 Å². The highest BCUT2D eigenvalue weighted by atomic mass is 19.1. The van der Waals surface area contributed by atoms with Gasteiger partial charge in [0, 0.05) is 18.9 Å². The van der Waals surface area contributed by atoms with Gasteiger partial charge >= 0.3 is 0 Å². The molecule has 3 rings (SSSR count). The van der Waals surface area contributed by atoms with Gasteiger partial charge in [0.25, 0.3) is 0 Å². The van der Waals surface area contributed by atoms with Crippen LogP contribution in [0.2, 0.25) is 0 Å². The highest BCUT2D eigenvalue weighted by molar-refractivity contribution is 5.83. The van der Waals surface area contributed by atoms with Crippen LogP contribution in [0.5, 0.6) is 0 Å². The number of carbonyl (C=O) groups is 1. The first-order valence-electron chi connectivity index (χ1n) is 8.34. The van der Waals surface area contributed by atoms with Crippen molar-refractivity contribution in [2.45, 2.75) is 12.6 Å². The summed E-state index contributed by atoms with van der Waals surface area (Å²) in [6.07, 6.45) is 3.58. The molecule has 0 fully saturated rings. The van der Waals surface area contributed by atoms with Crippen molar-refractivity contribution >= 4 is 5.91 Å². The van der Waals surface area contributed by atoms with Gasteiger partial charge in [-0.2, -0.15) is 5.10 Å². The van der Waals surface area contributed by atoms with Gasteiger partial charge in [0.15, 0.2) is 0 Å². The molecule has 0 bridgehead atoms. The lowest BCUT2D eigenvalue weighted by molar-refractivity contribution is -0.125. The number of rotatable bonds is 6. The molecule has 1 atom stereocenters. The van der Waals surface area contributed by atoms with E-state index < -0.39 is 6.04 Å². The molecular weight excluding hydrogens is 331 g/mol. The number of nitrogens with zero attached hydrogens (tertiary/aromatic N) is 3. The lowest BCUT2D eigenvalue weighted by Crippen LogP contribution is -2.36. The summed E-state index contributed by atoms with van der Waals surface area (Å²) in [6, 6.07) is 15.1. The summed E-state index contributed by atoms with van der Waals surface area (Å²) in [6.45, 7) is 0.375. The maximum atomic E-state index is 13.2. The van der Waals surface area contributed by atoms with Gasteiger partial charge in [0.1, 0.15) is 11.9 Å². The van der Waals surface area contributed by atoms with E-state index in [0.29, 0.717) is 6.54 Å². The summed E-state index contributed by atoms with van der Waals surface area (Å²) in [5.41, 5.74) is 2.62. The molecule has 0 aliphatic carbocycles. The second kappa shape index (κ2) is 7.93. The Morgan fingerprint density at radius 2 is 1.88 bits per heavy atom. The zero-order valence-corrected chi connectivity index (χ0v) is 14.8. The Hall–Kier alpha value is -2.99. The van der Waals surface area contributed by atoms with Crippen molar-refractivity contribution in [3.8, 4) is 5.69 Å². The van der Waals surface area contributed by atoms with Crippen molar-refractivity contribution in [3.63, 3.8) is 0 Å². The SMILES string of the molecule is CN(C)[C@@H](C(=O)NCc1ccccc1-n1cccn1)c1ccc(F)cc1. The molecular formula is C20H21FN4O. The largest absolute Gasteiger partial charge is 0.350 e. The van der Waals surface area contributed by atoms with Crippen molar-refractivity contribution in [1.29, 1.82) is 0 Å². The highest BCUT2D eigenvalue weighted by Gasteiger charge is 2.23. The van der Waals surface area contributed by atoms with Gasteiger partial charge in [-0.1, -0.05) is 30.3 Å². The minimum atomic E-state index is -0.493. The average Bonchev–Trinajstić information content (AvgIpc) is 3.16. The molecule has 2 aromatic carbocycles. The van der Waals surface area contributed by atoms with Crippen LogP contribution in [-0.2, 0) is 11.3 Å². The van der Waals surface area contributed by atoms with Gasteiger partial charge in [0.05, 0.1) is 5.69 Å². The molecule has 1 heterocycles. The maximum Gasteiger partial charge on any atom is 0.242 e. The van der Waals surface area contributed by atoms with Crippen LogP contribution in [0.1, 0.15) is 17.2 Å². The molecule has 26 heavy (non-hydrogen) atoms. The molecule has 0 aliphatic rings. The van der Waals surface area contributed by atoms with Crippen LogP contribution >= 0.6 is 0 Å². The first-order chi connectivity index (χ1) is 12.6. The van der Waals surface area contributed by atoms with Crippen LogP contribution in [0.15, 0.2) is 67.0 Å². The minimum absolute atomic E-state index is 0.142. The fraction of sp³-hybridized carbons (Fsp3) is 0.200. The quantitative estimate of drug-likeness (QED) is 0.742. The number of carbonyl (C=O) groups excluding carboxylic acids is 1. The topological polar surface area (TPSA) is 50.2 Å². The van der Waals surface area contributed by atoms with Crippen molar-refractivity contribution in [3.05, 3.63) is 83.9 Å². The zero-order chi connectivity index (χ0) is 18.5. The zero-order valence-electron chi connectivity index (χ0n) is 14.8. The number of hydrogen-bond acceptors (Lipinski definition) is 3. The number of likely N-dealkylation sites (N-methyl/N-ethyl adjacent to an activating group) is 1. The van der Waals surface area contributed by atoms with Crippen molar-refractivity contribution in [2.24, 2.45) is 0 Å². The van der Waals surface area contributed by atoms with Crippen molar-refractivity contribution < 1.29 is 9.18 Å². The van der Waals surface area contributed by atoms with E-state index in [1.807, 2.05) is 55.5 Å². The number of hydrogen-bond donors (Lipinski definition) is 1. The standard InChI is InChI=1S/C20H21FN4O/c1-24(2)19(15-8-10-17(21)11-9-15)20(26)22-14-16-6-3-4-7-18(16)25-13-5-12-23-25/h3-13,19H,14H2,1-2H3,(H,22,26)/t19-/m1/s1. The highest BCUT2D eigenvalue weighted by Crippen LogP contribution is 2.20. The summed E-state index contributed by atoms with van der Waals surface area (Å²) in [5, 5.41) is 7.23. The van der Waals surface area contributed by atoms with E-state index in [0.717, 1.165) is 16.8 Å². The summed E-state index contributed by atoms with van der Waals surface area (Å²) in [7, 11) is 3.65. The van der Waals surface area contributed by atoms with Gasteiger partial charge in [-0.25, -0.2) is 9.07 Å². The van der Waals surface area contributed by atoms with Crippen LogP contribution in [0, 0.1) is 5.82 Å². The monoisotopic (exact) mass is 352 g/mol. The van der Waals surface area contributed by atoms with E-state index in [-0.39, 0.29) is 11.7 Å². The Bertz CT molecular complexity index is 860. The van der Waals surface area contributed by atoms with Crippen LogP contribution in [0.25, 0.3) is 5.69 Å². The molecule has 6 heteroatoms. The molecule has 0 saturated carbocycles. The molecule has 3 aromatic rings. The van der Waals surface area contributed by atoms with Gasteiger partial charge in [-0.05, 0) is 49.5 Å². The number of nitrogens with one attached hydrogen (secondary N) is 1. The molecule has 1 amide bonds. The van der Waals surface area contributed by atoms with Crippen molar-refractivity contribution in [1.82, 2.24) is 20.0 Å². The third kappa shape index (κ3) is 3.97.